The smallest absolute Gasteiger partial charge is 0.264 e. The average molecular weight is 303 g/mol. The number of alkyl halides is 3. The molecule has 66 valence electrons. The van der Waals surface area contributed by atoms with Crippen molar-refractivity contribution in [2.75, 3.05) is 0 Å². The number of rotatable bonds is 2. The summed E-state index contributed by atoms with van der Waals surface area (Å²) in [6, 6.07) is 0. The molecule has 0 radical (unpaired) electrons. The molecule has 0 aromatic carbocycles. The highest BCUT2D eigenvalue weighted by molar-refractivity contribution is 14.1. The fourth-order valence-electron chi connectivity index (χ4n) is 0.752. The molecule has 0 atom stereocenters. The summed E-state index contributed by atoms with van der Waals surface area (Å²) >= 11 is 7.37. The van der Waals surface area contributed by atoms with E-state index in [1.54, 1.807) is 0 Å². The third-order valence-electron chi connectivity index (χ3n) is 1.36. The van der Waals surface area contributed by atoms with E-state index < -0.39 is 6.43 Å². The van der Waals surface area contributed by atoms with E-state index in [-0.39, 0.29) is 11.4 Å². The van der Waals surface area contributed by atoms with Gasteiger partial charge >= 0.3 is 0 Å². The van der Waals surface area contributed by atoms with E-state index in [4.69, 9.17) is 11.6 Å². The minimum absolute atomic E-state index is 0.0475. The van der Waals surface area contributed by atoms with E-state index in [2.05, 4.69) is 4.98 Å². The van der Waals surface area contributed by atoms with E-state index in [1.165, 1.54) is 12.4 Å². The van der Waals surface area contributed by atoms with E-state index in [1.807, 2.05) is 22.6 Å². The second-order valence-corrected chi connectivity index (χ2v) is 3.48. The fraction of sp³-hybridized carbons (Fsp3) is 0.286. The van der Waals surface area contributed by atoms with Gasteiger partial charge in [-0.25, -0.2) is 8.78 Å². The summed E-state index contributed by atoms with van der Waals surface area (Å²) in [5.41, 5.74) is 0.601. The topological polar surface area (TPSA) is 12.9 Å². The summed E-state index contributed by atoms with van der Waals surface area (Å²) in [7, 11) is 0. The highest BCUT2D eigenvalue weighted by Gasteiger charge is 2.13. The normalized spacial score (nSPS) is 10.8. The summed E-state index contributed by atoms with van der Waals surface area (Å²) < 4.78 is 25.0. The van der Waals surface area contributed by atoms with Gasteiger partial charge in [0.05, 0.1) is 0 Å². The van der Waals surface area contributed by atoms with Crippen molar-refractivity contribution >= 4 is 34.2 Å². The molecule has 12 heavy (non-hydrogen) atoms. The molecule has 1 heterocycles. The van der Waals surface area contributed by atoms with Gasteiger partial charge in [-0.15, -0.1) is 11.6 Å². The summed E-state index contributed by atoms with van der Waals surface area (Å²) in [5, 5.41) is 0. The van der Waals surface area contributed by atoms with Crippen LogP contribution in [0, 0.1) is 3.57 Å². The lowest BCUT2D eigenvalue weighted by Crippen LogP contribution is -1.95. The standard InChI is InChI=1S/C7H5ClF2IN/c8-1-4-2-12-3-5(6(4)11)7(9)10/h2-3,7H,1H2. The maximum absolute atomic E-state index is 12.3. The largest absolute Gasteiger partial charge is 0.266 e. The van der Waals surface area contributed by atoms with Crippen LogP contribution in [0.25, 0.3) is 0 Å². The minimum atomic E-state index is -2.48. The summed E-state index contributed by atoms with van der Waals surface area (Å²) in [4.78, 5) is 3.67. The Morgan fingerprint density at radius 2 is 2.17 bits per heavy atom. The zero-order valence-electron chi connectivity index (χ0n) is 5.90. The predicted octanol–water partition coefficient (Wildman–Crippen LogP) is 3.36. The molecule has 0 unspecified atom stereocenters. The van der Waals surface area contributed by atoms with Crippen LogP contribution < -0.4 is 0 Å². The number of hydrogen-bond donors (Lipinski definition) is 0. The Kier molecular flexibility index (Phi) is 3.64. The zero-order valence-corrected chi connectivity index (χ0v) is 8.81. The van der Waals surface area contributed by atoms with Gasteiger partial charge in [0, 0.05) is 27.4 Å². The van der Waals surface area contributed by atoms with Crippen LogP contribution in [-0.2, 0) is 5.88 Å². The first kappa shape index (κ1) is 10.1. The quantitative estimate of drug-likeness (QED) is 0.603. The first-order chi connectivity index (χ1) is 5.66. The number of pyridine rings is 1. The summed E-state index contributed by atoms with van der Waals surface area (Å²) in [6.45, 7) is 0. The molecule has 0 aliphatic heterocycles. The van der Waals surface area contributed by atoms with Crippen LogP contribution in [0.15, 0.2) is 12.4 Å². The first-order valence-electron chi connectivity index (χ1n) is 3.13. The van der Waals surface area contributed by atoms with Crippen molar-refractivity contribution in [1.29, 1.82) is 0 Å². The van der Waals surface area contributed by atoms with E-state index in [0.29, 0.717) is 9.13 Å². The number of nitrogens with zero attached hydrogens (tertiary/aromatic N) is 1. The molecule has 0 aliphatic carbocycles. The minimum Gasteiger partial charge on any atom is -0.264 e. The molecule has 5 heteroatoms. The van der Waals surface area contributed by atoms with Gasteiger partial charge in [-0.2, -0.15) is 0 Å². The molecule has 1 nitrogen and oxygen atoms in total. The van der Waals surface area contributed by atoms with Crippen LogP contribution in [0.5, 0.6) is 0 Å². The highest BCUT2D eigenvalue weighted by Crippen LogP contribution is 2.26. The molecule has 0 saturated heterocycles. The van der Waals surface area contributed by atoms with Gasteiger partial charge in [0.15, 0.2) is 0 Å². The highest BCUT2D eigenvalue weighted by atomic mass is 127. The van der Waals surface area contributed by atoms with Crippen LogP contribution >= 0.6 is 34.2 Å². The monoisotopic (exact) mass is 303 g/mol. The van der Waals surface area contributed by atoms with Gasteiger partial charge in [-0.05, 0) is 28.2 Å². The Morgan fingerprint density at radius 3 is 2.67 bits per heavy atom. The molecular formula is C7H5ClF2IN. The van der Waals surface area contributed by atoms with Gasteiger partial charge < -0.3 is 0 Å². The molecule has 1 rings (SSSR count). The molecule has 0 N–H and O–H groups in total. The van der Waals surface area contributed by atoms with Crippen molar-refractivity contribution in [3.63, 3.8) is 0 Å². The Morgan fingerprint density at radius 1 is 1.50 bits per heavy atom. The summed E-state index contributed by atoms with van der Waals surface area (Å²) in [6.07, 6.45) is 0.191. The Labute approximate surface area is 87.3 Å². The second kappa shape index (κ2) is 4.32. The molecule has 0 fully saturated rings. The van der Waals surface area contributed by atoms with Gasteiger partial charge in [-0.3, -0.25) is 4.98 Å². The van der Waals surface area contributed by atoms with Gasteiger partial charge in [0.2, 0.25) is 0 Å². The number of halogens is 4. The van der Waals surface area contributed by atoms with Gasteiger partial charge in [-0.1, -0.05) is 0 Å². The Bertz CT molecular complexity index is 280. The van der Waals surface area contributed by atoms with Crippen LogP contribution in [0.1, 0.15) is 17.6 Å². The van der Waals surface area contributed by atoms with Crippen molar-refractivity contribution < 1.29 is 8.78 Å². The van der Waals surface area contributed by atoms with Crippen LogP contribution in [0.3, 0.4) is 0 Å². The molecular weight excluding hydrogens is 298 g/mol. The molecule has 0 spiro atoms. The predicted molar refractivity (Wildman–Crippen MR) is 51.5 cm³/mol. The second-order valence-electron chi connectivity index (χ2n) is 2.14. The Hall–Kier alpha value is 0.0300. The lowest BCUT2D eigenvalue weighted by Gasteiger charge is -2.05. The van der Waals surface area contributed by atoms with E-state index in [0.717, 1.165) is 0 Å². The van der Waals surface area contributed by atoms with E-state index >= 15 is 0 Å². The summed E-state index contributed by atoms with van der Waals surface area (Å²) in [5.74, 6) is 0.214. The van der Waals surface area contributed by atoms with Gasteiger partial charge in [0.25, 0.3) is 6.43 Å². The van der Waals surface area contributed by atoms with Crippen molar-refractivity contribution in [2.45, 2.75) is 12.3 Å². The van der Waals surface area contributed by atoms with Crippen molar-refractivity contribution in [3.05, 3.63) is 27.1 Å². The van der Waals surface area contributed by atoms with Crippen molar-refractivity contribution in [1.82, 2.24) is 4.98 Å². The number of aromatic nitrogens is 1. The molecule has 1 aromatic heterocycles. The van der Waals surface area contributed by atoms with Crippen LogP contribution in [-0.4, -0.2) is 4.98 Å². The van der Waals surface area contributed by atoms with Crippen LogP contribution in [0.4, 0.5) is 8.78 Å². The molecule has 0 aliphatic rings. The molecule has 1 aromatic rings. The molecule has 0 bridgehead atoms. The van der Waals surface area contributed by atoms with E-state index in [9.17, 15) is 8.78 Å². The van der Waals surface area contributed by atoms with Crippen LogP contribution in [0.2, 0.25) is 0 Å². The average Bonchev–Trinajstić information content (AvgIpc) is 2.04. The Balaban J connectivity index is 3.14. The zero-order chi connectivity index (χ0) is 9.14. The molecule has 0 amide bonds. The van der Waals surface area contributed by atoms with Gasteiger partial charge in [0.1, 0.15) is 0 Å². The van der Waals surface area contributed by atoms with Crippen molar-refractivity contribution in [3.8, 4) is 0 Å². The first-order valence-corrected chi connectivity index (χ1v) is 4.74. The molecule has 0 saturated carbocycles. The maximum Gasteiger partial charge on any atom is 0.266 e. The lowest BCUT2D eigenvalue weighted by atomic mass is 10.2. The lowest BCUT2D eigenvalue weighted by molar-refractivity contribution is 0.150. The maximum atomic E-state index is 12.3. The van der Waals surface area contributed by atoms with Crippen molar-refractivity contribution in [2.24, 2.45) is 0 Å². The fourth-order valence-corrected chi connectivity index (χ4v) is 1.88. The third kappa shape index (κ3) is 2.04. The number of hydrogen-bond acceptors (Lipinski definition) is 1. The third-order valence-corrected chi connectivity index (χ3v) is 2.96. The SMILES string of the molecule is FC(F)c1cncc(CCl)c1I.